The van der Waals surface area contributed by atoms with Crippen LogP contribution in [-0.2, 0) is 0 Å². The number of halogens is 1. The molecule has 0 amide bonds. The van der Waals surface area contributed by atoms with E-state index in [1.807, 2.05) is 0 Å². The molecule has 2 aliphatic rings. The number of nitrogens with one attached hydrogen (secondary N) is 1. The van der Waals surface area contributed by atoms with Gasteiger partial charge in [-0.15, -0.1) is 0 Å². The topological polar surface area (TPSA) is 101 Å². The zero-order valence-electron chi connectivity index (χ0n) is 16.6. The summed E-state index contributed by atoms with van der Waals surface area (Å²) in [6.45, 7) is 5.38. The first kappa shape index (κ1) is 19.7. The van der Waals surface area contributed by atoms with E-state index in [4.69, 9.17) is 10.8 Å². The molecule has 0 bridgehead atoms. The van der Waals surface area contributed by atoms with E-state index in [9.17, 15) is 9.18 Å². The highest BCUT2D eigenvalue weighted by Crippen LogP contribution is 2.46. The van der Waals surface area contributed by atoms with E-state index in [1.54, 1.807) is 25.4 Å². The summed E-state index contributed by atoms with van der Waals surface area (Å²) in [4.78, 5) is 29.1. The van der Waals surface area contributed by atoms with Gasteiger partial charge in [0.25, 0.3) is 5.56 Å². The molecule has 4 rings (SSSR count). The Morgan fingerprint density at radius 3 is 2.48 bits per heavy atom. The number of H-pyrrole nitrogens is 1. The third kappa shape index (κ3) is 3.81. The molecule has 2 saturated carbocycles. The van der Waals surface area contributed by atoms with Crippen LogP contribution in [0, 0.1) is 0 Å². The molecule has 2 aliphatic carbocycles. The first-order chi connectivity index (χ1) is 13.9. The first-order valence-corrected chi connectivity index (χ1v) is 10.2. The van der Waals surface area contributed by atoms with Gasteiger partial charge in [0.2, 0.25) is 0 Å². The van der Waals surface area contributed by atoms with Gasteiger partial charge in [0.15, 0.2) is 5.82 Å². The fraction of sp³-hybridized carbons (Fsp3) is 0.524. The van der Waals surface area contributed by atoms with Crippen LogP contribution in [0.25, 0.3) is 6.08 Å². The molecular weight excluding hydrogens is 371 g/mol. The molecule has 2 aromatic heterocycles. The molecule has 2 aromatic rings. The number of hydrogen-bond acceptors (Lipinski definition) is 6. The number of nitrogens with two attached hydrogens (primary N) is 1. The van der Waals surface area contributed by atoms with E-state index < -0.39 is 5.67 Å². The molecule has 0 aromatic carbocycles. The minimum atomic E-state index is -1.15. The first-order valence-electron chi connectivity index (χ1n) is 10.2. The van der Waals surface area contributed by atoms with E-state index in [1.165, 1.54) is 11.1 Å². The van der Waals surface area contributed by atoms with Crippen LogP contribution < -0.4 is 16.4 Å². The monoisotopic (exact) mass is 398 g/mol. The molecule has 0 saturated heterocycles. The maximum Gasteiger partial charge on any atom is 0.260 e. The molecular formula is C21H27FN6O. The van der Waals surface area contributed by atoms with E-state index in [0.29, 0.717) is 42.9 Å². The molecule has 0 aliphatic heterocycles. The molecule has 0 spiro atoms. The van der Waals surface area contributed by atoms with Gasteiger partial charge in [-0.25, -0.2) is 25.2 Å². The van der Waals surface area contributed by atoms with Crippen molar-refractivity contribution < 1.29 is 4.39 Å². The standard InChI is InChI=1S/C21H27FN6O/c1-3-14-19(28(23)13-7-9-21(2,22)10-8-13)26-18(27-20(14)29)16-6-5-15(16)17-24-11-4-12-25-17/h3-4,11-13,15-16H,1,5-10,23H2,2H3,(H,26,27,29)/t13?,15-,16-,21?/m0/s1. The lowest BCUT2D eigenvalue weighted by molar-refractivity contribution is 0.119. The second-order valence-electron chi connectivity index (χ2n) is 8.34. The number of nitrogens with zero attached hydrogens (tertiary/aromatic N) is 4. The molecule has 0 radical (unpaired) electrons. The van der Waals surface area contributed by atoms with Crippen LogP contribution >= 0.6 is 0 Å². The van der Waals surface area contributed by atoms with Crippen LogP contribution in [0.15, 0.2) is 29.8 Å². The molecule has 2 atom stereocenters. The third-order valence-corrected chi connectivity index (χ3v) is 6.34. The van der Waals surface area contributed by atoms with Crippen LogP contribution in [0.5, 0.6) is 0 Å². The van der Waals surface area contributed by atoms with Crippen molar-refractivity contribution in [1.29, 1.82) is 0 Å². The van der Waals surface area contributed by atoms with Gasteiger partial charge in [0, 0.05) is 30.3 Å². The zero-order chi connectivity index (χ0) is 20.6. The van der Waals surface area contributed by atoms with E-state index in [-0.39, 0.29) is 23.4 Å². The van der Waals surface area contributed by atoms with Crippen molar-refractivity contribution in [3.05, 3.63) is 52.6 Å². The Balaban J connectivity index is 1.63. The lowest BCUT2D eigenvalue weighted by atomic mass is 9.72. The Bertz CT molecular complexity index is 934. The van der Waals surface area contributed by atoms with E-state index in [0.717, 1.165) is 18.7 Å². The number of hydrazine groups is 1. The number of hydrogen-bond donors (Lipinski definition) is 2. The highest BCUT2D eigenvalue weighted by Gasteiger charge is 2.38. The normalized spacial score (nSPS) is 29.1. The lowest BCUT2D eigenvalue weighted by Crippen LogP contribution is -2.47. The molecule has 8 heteroatoms. The second kappa shape index (κ2) is 7.67. The van der Waals surface area contributed by atoms with E-state index >= 15 is 0 Å². The molecule has 29 heavy (non-hydrogen) atoms. The van der Waals surface area contributed by atoms with E-state index in [2.05, 4.69) is 21.5 Å². The van der Waals surface area contributed by atoms with Crippen LogP contribution in [0.1, 0.15) is 74.5 Å². The van der Waals surface area contributed by atoms with Gasteiger partial charge in [-0.3, -0.25) is 9.80 Å². The summed E-state index contributed by atoms with van der Waals surface area (Å²) in [7, 11) is 0. The van der Waals surface area contributed by atoms with Crippen molar-refractivity contribution in [3.8, 4) is 0 Å². The average molecular weight is 398 g/mol. The zero-order valence-corrected chi connectivity index (χ0v) is 16.6. The highest BCUT2D eigenvalue weighted by atomic mass is 19.1. The quantitative estimate of drug-likeness (QED) is 0.592. The Kier molecular flexibility index (Phi) is 5.21. The Labute approximate surface area is 169 Å². The predicted molar refractivity (Wildman–Crippen MR) is 110 cm³/mol. The SMILES string of the molecule is C=Cc1c(N(N)C2CCC(C)(F)CC2)nc([C@H]2CC[C@@H]2c2ncccn2)[nH]c1=O. The fourth-order valence-corrected chi connectivity index (χ4v) is 4.34. The molecule has 3 N–H and O–H groups in total. The Morgan fingerprint density at radius 1 is 1.24 bits per heavy atom. The average Bonchev–Trinajstić information content (AvgIpc) is 2.67. The number of aromatic nitrogens is 4. The number of anilines is 1. The summed E-state index contributed by atoms with van der Waals surface area (Å²) in [5, 5.41) is 1.54. The predicted octanol–water partition coefficient (Wildman–Crippen LogP) is 3.22. The van der Waals surface area contributed by atoms with Crippen LogP contribution in [0.2, 0.25) is 0 Å². The summed E-state index contributed by atoms with van der Waals surface area (Å²) in [5.41, 5.74) is -1.07. The number of rotatable bonds is 5. The van der Waals surface area contributed by atoms with Crippen LogP contribution in [0.3, 0.4) is 0 Å². The Hall–Kier alpha value is -2.61. The van der Waals surface area contributed by atoms with Gasteiger partial charge < -0.3 is 4.98 Å². The van der Waals surface area contributed by atoms with Crippen LogP contribution in [0.4, 0.5) is 10.2 Å². The smallest absolute Gasteiger partial charge is 0.260 e. The van der Waals surface area contributed by atoms with Gasteiger partial charge in [-0.05, 0) is 51.5 Å². The largest absolute Gasteiger partial charge is 0.310 e. The fourth-order valence-electron chi connectivity index (χ4n) is 4.34. The number of aromatic amines is 1. The van der Waals surface area contributed by atoms with Gasteiger partial charge in [-0.1, -0.05) is 12.7 Å². The van der Waals surface area contributed by atoms with Gasteiger partial charge in [0.1, 0.15) is 17.3 Å². The van der Waals surface area contributed by atoms with Crippen molar-refractivity contribution in [2.75, 3.05) is 5.01 Å². The summed E-state index contributed by atoms with van der Waals surface area (Å²) in [6.07, 6.45) is 8.90. The minimum Gasteiger partial charge on any atom is -0.310 e. The molecule has 2 heterocycles. The summed E-state index contributed by atoms with van der Waals surface area (Å²) in [6, 6.07) is 1.72. The van der Waals surface area contributed by atoms with Crippen molar-refractivity contribution >= 4 is 11.9 Å². The summed E-state index contributed by atoms with van der Waals surface area (Å²) < 4.78 is 14.2. The van der Waals surface area contributed by atoms with Gasteiger partial charge in [0.05, 0.1) is 5.56 Å². The Morgan fingerprint density at radius 2 is 1.90 bits per heavy atom. The third-order valence-electron chi connectivity index (χ3n) is 6.34. The van der Waals surface area contributed by atoms with Crippen molar-refractivity contribution in [2.45, 2.75) is 69.0 Å². The number of alkyl halides is 1. The lowest BCUT2D eigenvalue weighted by Gasteiger charge is -2.38. The summed E-state index contributed by atoms with van der Waals surface area (Å²) >= 11 is 0. The van der Waals surface area contributed by atoms with Gasteiger partial charge in [-0.2, -0.15) is 0 Å². The molecule has 7 nitrogen and oxygen atoms in total. The van der Waals surface area contributed by atoms with Gasteiger partial charge >= 0.3 is 0 Å². The van der Waals surface area contributed by atoms with Crippen molar-refractivity contribution in [2.24, 2.45) is 5.84 Å². The molecule has 0 unspecified atom stereocenters. The maximum absolute atomic E-state index is 14.2. The van der Waals surface area contributed by atoms with Crippen LogP contribution in [-0.4, -0.2) is 31.6 Å². The summed E-state index contributed by atoms with van der Waals surface area (Å²) in [5.74, 6) is 8.33. The second-order valence-corrected chi connectivity index (χ2v) is 8.34. The maximum atomic E-state index is 14.2. The van der Waals surface area contributed by atoms with Crippen molar-refractivity contribution in [3.63, 3.8) is 0 Å². The van der Waals surface area contributed by atoms with Crippen molar-refractivity contribution in [1.82, 2.24) is 19.9 Å². The molecule has 2 fully saturated rings. The minimum absolute atomic E-state index is 0.0385. The highest BCUT2D eigenvalue weighted by molar-refractivity contribution is 5.62. The molecule has 154 valence electrons.